The molecule has 2 aromatic carbocycles. The van der Waals surface area contributed by atoms with E-state index in [1.807, 2.05) is 6.07 Å². The summed E-state index contributed by atoms with van der Waals surface area (Å²) in [5, 5.41) is 3.03. The second-order valence-electron chi connectivity index (χ2n) is 8.88. The van der Waals surface area contributed by atoms with Crippen LogP contribution in [0.15, 0.2) is 65.7 Å². The van der Waals surface area contributed by atoms with Gasteiger partial charge in [-0.3, -0.25) is 4.90 Å². The van der Waals surface area contributed by atoms with E-state index >= 15 is 0 Å². The van der Waals surface area contributed by atoms with Crippen molar-refractivity contribution < 1.29 is 31.1 Å². The van der Waals surface area contributed by atoms with Crippen molar-refractivity contribution in [3.8, 4) is 11.5 Å². The van der Waals surface area contributed by atoms with Gasteiger partial charge in [0.1, 0.15) is 23.6 Å². The van der Waals surface area contributed by atoms with Gasteiger partial charge in [0.2, 0.25) is 0 Å². The lowest BCUT2D eigenvalue weighted by Gasteiger charge is -2.23. The number of hydrogen-bond acceptors (Lipinski definition) is 7. The summed E-state index contributed by atoms with van der Waals surface area (Å²) in [5.74, 6) is 1.26. The number of aromatic nitrogens is 1. The highest BCUT2D eigenvalue weighted by Crippen LogP contribution is 2.33. The van der Waals surface area contributed by atoms with Crippen LogP contribution in [0.3, 0.4) is 0 Å². The first-order valence-corrected chi connectivity index (χ1v) is 13.5. The van der Waals surface area contributed by atoms with Crippen molar-refractivity contribution in [2.45, 2.75) is 36.4 Å². The number of carbonyl (C=O) groups is 1. The Morgan fingerprint density at radius 1 is 1.14 bits per heavy atom. The number of nitrogens with one attached hydrogen (secondary N) is 1. The quantitative estimate of drug-likeness (QED) is 0.376. The summed E-state index contributed by atoms with van der Waals surface area (Å²) in [6, 6.07) is 13.8. The van der Waals surface area contributed by atoms with E-state index in [2.05, 4.69) is 15.2 Å². The number of benzene rings is 2. The van der Waals surface area contributed by atoms with Crippen LogP contribution < -0.4 is 10.1 Å². The SMILES string of the molecule is CS(=O)(=O)c1ccc(Oc2ccc(Nc3ccc(C(F)(F)F)cn3)cc2CC2CCCN2CC=O)cc1. The predicted octanol–water partition coefficient (Wildman–Crippen LogP) is 5.25. The third kappa shape index (κ3) is 6.86. The van der Waals surface area contributed by atoms with Crippen molar-refractivity contribution in [2.75, 3.05) is 24.7 Å². The van der Waals surface area contributed by atoms with Crippen LogP contribution in [0, 0.1) is 0 Å². The fourth-order valence-corrected chi connectivity index (χ4v) is 4.93. The number of sulfone groups is 1. The number of aldehydes is 1. The molecule has 1 aliphatic heterocycles. The molecular weight excluding hydrogens is 507 g/mol. The van der Waals surface area contributed by atoms with E-state index < -0.39 is 21.6 Å². The molecule has 1 aliphatic rings. The van der Waals surface area contributed by atoms with Gasteiger partial charge in [-0.1, -0.05) is 0 Å². The normalized spacial score (nSPS) is 16.5. The third-order valence-corrected chi connectivity index (χ3v) is 7.30. The van der Waals surface area contributed by atoms with Crippen LogP contribution in [-0.4, -0.2) is 50.0 Å². The first-order chi connectivity index (χ1) is 17.5. The topological polar surface area (TPSA) is 88.6 Å². The largest absolute Gasteiger partial charge is 0.457 e. The summed E-state index contributed by atoms with van der Waals surface area (Å²) in [4.78, 5) is 17.3. The van der Waals surface area contributed by atoms with E-state index in [0.717, 1.165) is 49.8 Å². The molecule has 0 amide bonds. The Bertz CT molecular complexity index is 1340. The van der Waals surface area contributed by atoms with Crippen LogP contribution >= 0.6 is 0 Å². The Labute approximate surface area is 213 Å². The zero-order valence-corrected chi connectivity index (χ0v) is 20.8. The maximum absolute atomic E-state index is 12.9. The van der Waals surface area contributed by atoms with Crippen LogP contribution in [0.4, 0.5) is 24.7 Å². The molecule has 2 heterocycles. The average molecular weight is 534 g/mol. The molecule has 196 valence electrons. The molecule has 1 unspecified atom stereocenters. The van der Waals surface area contributed by atoms with Crippen molar-refractivity contribution in [1.82, 2.24) is 9.88 Å². The third-order valence-electron chi connectivity index (χ3n) is 6.17. The molecule has 1 saturated heterocycles. The molecule has 0 saturated carbocycles. The molecule has 1 fully saturated rings. The molecule has 0 radical (unpaired) electrons. The van der Waals surface area contributed by atoms with Crippen LogP contribution in [0.5, 0.6) is 11.5 Å². The van der Waals surface area contributed by atoms with Crippen molar-refractivity contribution in [3.05, 3.63) is 71.9 Å². The number of rotatable bonds is 9. The van der Waals surface area contributed by atoms with Crippen molar-refractivity contribution in [2.24, 2.45) is 0 Å². The zero-order chi connectivity index (χ0) is 26.6. The first-order valence-electron chi connectivity index (χ1n) is 11.6. The molecular formula is C26H26F3N3O4S. The van der Waals surface area contributed by atoms with Gasteiger partial charge in [-0.25, -0.2) is 13.4 Å². The lowest BCUT2D eigenvalue weighted by Crippen LogP contribution is -2.32. The molecule has 0 bridgehead atoms. The van der Waals surface area contributed by atoms with Gasteiger partial charge in [-0.15, -0.1) is 0 Å². The van der Waals surface area contributed by atoms with Gasteiger partial charge < -0.3 is 14.8 Å². The predicted molar refractivity (Wildman–Crippen MR) is 133 cm³/mol. The number of carbonyl (C=O) groups excluding carboxylic acids is 1. The number of alkyl halides is 3. The maximum Gasteiger partial charge on any atom is 0.417 e. The highest BCUT2D eigenvalue weighted by molar-refractivity contribution is 7.90. The molecule has 7 nitrogen and oxygen atoms in total. The van der Waals surface area contributed by atoms with E-state index in [4.69, 9.17) is 4.74 Å². The summed E-state index contributed by atoms with van der Waals surface area (Å²) in [6.45, 7) is 1.15. The van der Waals surface area contributed by atoms with Gasteiger partial charge in [0.05, 0.1) is 17.0 Å². The van der Waals surface area contributed by atoms with Crippen LogP contribution in [-0.2, 0) is 27.2 Å². The Hall–Kier alpha value is -3.44. The second kappa shape index (κ2) is 10.9. The monoisotopic (exact) mass is 533 g/mol. The number of hydrogen-bond donors (Lipinski definition) is 1. The van der Waals surface area contributed by atoms with Crippen LogP contribution in [0.25, 0.3) is 0 Å². The summed E-state index contributed by atoms with van der Waals surface area (Å²) in [6.07, 6.45) is 0.783. The van der Waals surface area contributed by atoms with Crippen LogP contribution in [0.2, 0.25) is 0 Å². The summed E-state index contributed by atoms with van der Waals surface area (Å²) in [7, 11) is -3.34. The van der Waals surface area contributed by atoms with Crippen molar-refractivity contribution in [3.63, 3.8) is 0 Å². The number of pyridine rings is 1. The highest BCUT2D eigenvalue weighted by Gasteiger charge is 2.30. The minimum atomic E-state index is -4.47. The number of likely N-dealkylation sites (tertiary alicyclic amines) is 1. The van der Waals surface area contributed by atoms with E-state index in [1.54, 1.807) is 24.3 Å². The number of nitrogens with zero attached hydrogens (tertiary/aromatic N) is 2. The zero-order valence-electron chi connectivity index (χ0n) is 20.0. The Morgan fingerprint density at radius 2 is 1.89 bits per heavy atom. The van der Waals surface area contributed by atoms with Gasteiger partial charge in [0.15, 0.2) is 9.84 Å². The number of halogens is 3. The Kier molecular flexibility index (Phi) is 7.84. The van der Waals surface area contributed by atoms with Gasteiger partial charge in [-0.2, -0.15) is 13.2 Å². The molecule has 11 heteroatoms. The molecule has 1 atom stereocenters. The minimum absolute atomic E-state index is 0.125. The van der Waals surface area contributed by atoms with Gasteiger partial charge in [0.25, 0.3) is 0 Å². The smallest absolute Gasteiger partial charge is 0.417 e. The first kappa shape index (κ1) is 26.6. The van der Waals surface area contributed by atoms with Crippen molar-refractivity contribution in [1.29, 1.82) is 0 Å². The molecule has 3 aromatic rings. The summed E-state index contributed by atoms with van der Waals surface area (Å²) < 4.78 is 68.2. The molecule has 0 aliphatic carbocycles. The fourth-order valence-electron chi connectivity index (χ4n) is 4.30. The molecule has 0 spiro atoms. The van der Waals surface area contributed by atoms with E-state index in [9.17, 15) is 26.4 Å². The number of ether oxygens (including phenoxy) is 1. The maximum atomic E-state index is 12.9. The summed E-state index contributed by atoms with van der Waals surface area (Å²) >= 11 is 0. The number of anilines is 2. The van der Waals surface area contributed by atoms with E-state index in [-0.39, 0.29) is 16.8 Å². The summed E-state index contributed by atoms with van der Waals surface area (Å²) in [5.41, 5.74) is 0.606. The molecule has 4 rings (SSSR count). The van der Waals surface area contributed by atoms with Gasteiger partial charge >= 0.3 is 6.18 Å². The Balaban J connectivity index is 1.60. The average Bonchev–Trinajstić information content (AvgIpc) is 3.27. The molecule has 37 heavy (non-hydrogen) atoms. The highest BCUT2D eigenvalue weighted by atomic mass is 32.2. The fraction of sp³-hybridized carbons (Fsp3) is 0.308. The lowest BCUT2D eigenvalue weighted by atomic mass is 10.0. The van der Waals surface area contributed by atoms with Gasteiger partial charge in [-0.05, 0) is 86.0 Å². The van der Waals surface area contributed by atoms with Crippen molar-refractivity contribution >= 4 is 27.6 Å². The molecule has 1 aromatic heterocycles. The Morgan fingerprint density at radius 3 is 2.51 bits per heavy atom. The minimum Gasteiger partial charge on any atom is -0.457 e. The standard InChI is InChI=1S/C26H26F3N3O4S/c1-37(34,35)23-8-6-22(7-9-23)36-24-10-5-20(31-25-11-4-19(17-30-25)26(27,28)29)15-18(24)16-21-3-2-12-32(21)13-14-33/h4-11,14-15,17,21H,2-3,12-13,16H2,1H3,(H,30,31). The van der Waals surface area contributed by atoms with E-state index in [1.165, 1.54) is 18.2 Å². The van der Waals surface area contributed by atoms with E-state index in [0.29, 0.717) is 30.2 Å². The second-order valence-corrected chi connectivity index (χ2v) is 10.9. The molecule has 1 N–H and O–H groups in total. The van der Waals surface area contributed by atoms with Crippen LogP contribution in [0.1, 0.15) is 24.0 Å². The lowest BCUT2D eigenvalue weighted by molar-refractivity contribution is -0.137. The van der Waals surface area contributed by atoms with Gasteiger partial charge in [0, 0.05) is 24.2 Å².